The number of rotatable bonds is 5. The van der Waals surface area contributed by atoms with Crippen molar-refractivity contribution in [3.8, 4) is 5.75 Å². The van der Waals surface area contributed by atoms with Gasteiger partial charge in [-0.2, -0.15) is 0 Å². The van der Waals surface area contributed by atoms with Gasteiger partial charge < -0.3 is 25.2 Å². The molecular weight excluding hydrogens is 508 g/mol. The first-order valence-electron chi connectivity index (χ1n) is 10.6. The molecule has 0 spiro atoms. The van der Waals surface area contributed by atoms with Gasteiger partial charge in [0, 0.05) is 51.5 Å². The number of piperazine rings is 1. The predicted octanol–water partition coefficient (Wildman–Crippen LogP) is 3.42. The van der Waals surface area contributed by atoms with Gasteiger partial charge in [-0.15, -0.1) is 24.0 Å². The molecular formula is C23H31FIN5O. The first-order chi connectivity index (χ1) is 14.6. The lowest BCUT2D eigenvalue weighted by Gasteiger charge is -2.36. The van der Waals surface area contributed by atoms with Gasteiger partial charge in [0.25, 0.3) is 0 Å². The summed E-state index contributed by atoms with van der Waals surface area (Å²) in [6.45, 7) is 6.08. The molecule has 0 aromatic heterocycles. The van der Waals surface area contributed by atoms with Gasteiger partial charge in [-0.05, 0) is 48.7 Å². The number of nitrogens with two attached hydrogens (primary N) is 1. The summed E-state index contributed by atoms with van der Waals surface area (Å²) in [5.41, 5.74) is 8.50. The summed E-state index contributed by atoms with van der Waals surface area (Å²) >= 11 is 0. The molecule has 2 heterocycles. The average Bonchev–Trinajstić information content (AvgIpc) is 3.27. The second kappa shape index (κ2) is 10.9. The number of aliphatic imine (C=N–C) groups is 1. The Kier molecular flexibility index (Phi) is 8.22. The Labute approximate surface area is 200 Å². The minimum atomic E-state index is -0.204. The van der Waals surface area contributed by atoms with Crippen molar-refractivity contribution in [2.75, 3.05) is 62.7 Å². The van der Waals surface area contributed by atoms with Crippen LogP contribution in [0.3, 0.4) is 0 Å². The van der Waals surface area contributed by atoms with Crippen molar-refractivity contribution in [3.05, 3.63) is 54.3 Å². The van der Waals surface area contributed by atoms with Crippen LogP contribution in [0.2, 0.25) is 0 Å². The third kappa shape index (κ3) is 5.72. The van der Waals surface area contributed by atoms with Gasteiger partial charge in [-0.1, -0.05) is 12.1 Å². The van der Waals surface area contributed by atoms with Gasteiger partial charge >= 0.3 is 0 Å². The average molecular weight is 539 g/mol. The smallest absolute Gasteiger partial charge is 0.191 e. The molecule has 4 rings (SSSR count). The van der Waals surface area contributed by atoms with Crippen molar-refractivity contribution < 1.29 is 9.13 Å². The Morgan fingerprint density at radius 2 is 1.74 bits per heavy atom. The number of guanidine groups is 1. The largest absolute Gasteiger partial charge is 0.495 e. The zero-order valence-corrected chi connectivity index (χ0v) is 20.2. The van der Waals surface area contributed by atoms with E-state index in [9.17, 15) is 4.39 Å². The second-order valence-corrected chi connectivity index (χ2v) is 7.92. The van der Waals surface area contributed by atoms with E-state index in [0.29, 0.717) is 11.9 Å². The lowest BCUT2D eigenvalue weighted by Crippen LogP contribution is -2.51. The maximum absolute atomic E-state index is 13.1. The zero-order chi connectivity index (χ0) is 20.9. The summed E-state index contributed by atoms with van der Waals surface area (Å²) in [4.78, 5) is 11.5. The number of ether oxygens (including phenoxy) is 1. The molecule has 2 aliphatic heterocycles. The highest BCUT2D eigenvalue weighted by Gasteiger charge is 2.25. The normalized spacial score (nSPS) is 19.4. The van der Waals surface area contributed by atoms with E-state index in [-0.39, 0.29) is 29.8 Å². The third-order valence-electron chi connectivity index (χ3n) is 6.02. The van der Waals surface area contributed by atoms with Crippen molar-refractivity contribution in [1.82, 2.24) is 4.90 Å². The number of halogens is 2. The molecule has 0 saturated carbocycles. The first kappa shape index (κ1) is 23.4. The minimum Gasteiger partial charge on any atom is -0.495 e. The topological polar surface area (TPSA) is 57.3 Å². The third-order valence-corrected chi connectivity index (χ3v) is 6.02. The molecule has 0 aliphatic carbocycles. The Morgan fingerprint density at radius 1 is 1.03 bits per heavy atom. The van der Waals surface area contributed by atoms with Crippen LogP contribution in [0.15, 0.2) is 53.5 Å². The monoisotopic (exact) mass is 539 g/mol. The molecule has 2 N–H and O–H groups in total. The fourth-order valence-corrected chi connectivity index (χ4v) is 4.26. The number of para-hydroxylation sites is 2. The van der Waals surface area contributed by atoms with E-state index in [1.165, 1.54) is 12.1 Å². The molecule has 1 atom stereocenters. The Morgan fingerprint density at radius 3 is 2.45 bits per heavy atom. The molecule has 6 nitrogen and oxygen atoms in total. The van der Waals surface area contributed by atoms with E-state index < -0.39 is 0 Å². The summed E-state index contributed by atoms with van der Waals surface area (Å²) < 4.78 is 18.6. The molecule has 1 unspecified atom stereocenters. The maximum atomic E-state index is 13.1. The molecule has 0 bridgehead atoms. The summed E-state index contributed by atoms with van der Waals surface area (Å²) in [5, 5.41) is 0. The lowest BCUT2D eigenvalue weighted by molar-refractivity contribution is 0.379. The fourth-order valence-electron chi connectivity index (χ4n) is 4.26. The van der Waals surface area contributed by atoms with Gasteiger partial charge in [0.1, 0.15) is 11.6 Å². The first-order valence-corrected chi connectivity index (χ1v) is 10.6. The molecule has 2 aliphatic rings. The van der Waals surface area contributed by atoms with Gasteiger partial charge in [0.15, 0.2) is 5.96 Å². The number of hydrogen-bond donors (Lipinski definition) is 1. The van der Waals surface area contributed by atoms with E-state index in [4.69, 9.17) is 15.5 Å². The highest BCUT2D eigenvalue weighted by Crippen LogP contribution is 2.32. The van der Waals surface area contributed by atoms with Crippen LogP contribution < -0.4 is 20.3 Å². The zero-order valence-electron chi connectivity index (χ0n) is 17.9. The standard InChI is InChI=1S/C23H30FN5O.HI/c1-30-22-5-3-2-4-21(22)29-11-10-18(17-29)16-26-23(25)28-14-12-27(13-15-28)20-8-6-19(24)7-9-20;/h2-9,18H,10-17H2,1H3,(H2,25,26);1H. The van der Waals surface area contributed by atoms with Gasteiger partial charge in [0.2, 0.25) is 0 Å². The number of benzene rings is 2. The van der Waals surface area contributed by atoms with E-state index in [1.807, 2.05) is 30.3 Å². The number of anilines is 2. The van der Waals surface area contributed by atoms with Crippen LogP contribution in [-0.2, 0) is 0 Å². The minimum absolute atomic E-state index is 0. The molecule has 168 valence electrons. The summed E-state index contributed by atoms with van der Waals surface area (Å²) in [5.74, 6) is 1.84. The molecule has 0 radical (unpaired) electrons. The maximum Gasteiger partial charge on any atom is 0.191 e. The highest BCUT2D eigenvalue weighted by atomic mass is 127. The molecule has 8 heteroatoms. The van der Waals surface area contributed by atoms with Crippen LogP contribution in [0.5, 0.6) is 5.75 Å². The highest BCUT2D eigenvalue weighted by molar-refractivity contribution is 14.0. The predicted molar refractivity (Wildman–Crippen MR) is 135 cm³/mol. The number of hydrogen-bond acceptors (Lipinski definition) is 4. The number of methoxy groups -OCH3 is 1. The van der Waals surface area contributed by atoms with Crippen molar-refractivity contribution in [2.45, 2.75) is 6.42 Å². The lowest BCUT2D eigenvalue weighted by atomic mass is 10.1. The Bertz CT molecular complexity index is 871. The van der Waals surface area contributed by atoms with Crippen LogP contribution in [0.4, 0.5) is 15.8 Å². The molecule has 2 fully saturated rings. The second-order valence-electron chi connectivity index (χ2n) is 7.92. The van der Waals surface area contributed by atoms with Crippen molar-refractivity contribution in [2.24, 2.45) is 16.6 Å². The summed E-state index contributed by atoms with van der Waals surface area (Å²) in [7, 11) is 1.72. The van der Waals surface area contributed by atoms with Crippen LogP contribution in [0, 0.1) is 11.7 Å². The van der Waals surface area contributed by atoms with Gasteiger partial charge in [-0.3, -0.25) is 4.99 Å². The van der Waals surface area contributed by atoms with E-state index in [1.54, 1.807) is 7.11 Å². The van der Waals surface area contributed by atoms with E-state index in [2.05, 4.69) is 20.8 Å². The quantitative estimate of drug-likeness (QED) is 0.359. The fraction of sp³-hybridized carbons (Fsp3) is 0.435. The van der Waals surface area contributed by atoms with Crippen molar-refractivity contribution in [1.29, 1.82) is 0 Å². The molecule has 2 aromatic rings. The summed E-state index contributed by atoms with van der Waals surface area (Å²) in [6, 6.07) is 14.8. The van der Waals surface area contributed by atoms with Crippen LogP contribution >= 0.6 is 24.0 Å². The Balaban J connectivity index is 0.00000272. The number of nitrogens with zero attached hydrogens (tertiary/aromatic N) is 4. The molecule has 2 aromatic carbocycles. The Hall–Kier alpha value is -2.23. The van der Waals surface area contributed by atoms with Crippen molar-refractivity contribution >= 4 is 41.3 Å². The van der Waals surface area contributed by atoms with Crippen LogP contribution in [-0.4, -0.2) is 63.8 Å². The van der Waals surface area contributed by atoms with Crippen LogP contribution in [0.1, 0.15) is 6.42 Å². The SMILES string of the molecule is COc1ccccc1N1CCC(CN=C(N)N2CCN(c3ccc(F)cc3)CC2)C1.I. The summed E-state index contributed by atoms with van der Waals surface area (Å²) in [6.07, 6.45) is 1.10. The van der Waals surface area contributed by atoms with E-state index >= 15 is 0 Å². The van der Waals surface area contributed by atoms with Gasteiger partial charge in [-0.25, -0.2) is 4.39 Å². The van der Waals surface area contributed by atoms with Gasteiger partial charge in [0.05, 0.1) is 12.8 Å². The van der Waals surface area contributed by atoms with Crippen LogP contribution in [0.25, 0.3) is 0 Å². The van der Waals surface area contributed by atoms with E-state index in [0.717, 1.165) is 69.4 Å². The molecule has 31 heavy (non-hydrogen) atoms. The van der Waals surface area contributed by atoms with Crippen molar-refractivity contribution in [3.63, 3.8) is 0 Å². The molecule has 2 saturated heterocycles. The molecule has 0 amide bonds.